The average Bonchev–Trinajstić information content (AvgIpc) is 3.55. The number of aromatic nitrogens is 3. The van der Waals surface area contributed by atoms with E-state index in [1.807, 2.05) is 18.0 Å². The Bertz CT molecular complexity index is 1080. The van der Waals surface area contributed by atoms with Crippen LogP contribution in [0, 0.1) is 13.8 Å². The lowest BCUT2D eigenvalue weighted by molar-refractivity contribution is -0.133. The SMILES string of the molecule is Cc1ccccc1CN1CCN(C(=O)Cn2nc(C)c3c(C4CC4)ccnc32)CC1. The van der Waals surface area contributed by atoms with Gasteiger partial charge in [-0.05, 0) is 55.4 Å². The van der Waals surface area contributed by atoms with Crippen molar-refractivity contribution < 1.29 is 4.79 Å². The van der Waals surface area contributed by atoms with Gasteiger partial charge in [-0.1, -0.05) is 24.3 Å². The van der Waals surface area contributed by atoms with E-state index in [2.05, 4.69) is 52.2 Å². The number of benzene rings is 1. The highest BCUT2D eigenvalue weighted by atomic mass is 16.2. The molecule has 30 heavy (non-hydrogen) atoms. The molecule has 156 valence electrons. The number of hydrogen-bond donors (Lipinski definition) is 0. The molecule has 0 bridgehead atoms. The fourth-order valence-electron chi connectivity index (χ4n) is 4.57. The minimum atomic E-state index is 0.133. The fraction of sp³-hybridized carbons (Fsp3) is 0.458. The standard InChI is InChI=1S/C24H29N5O/c1-17-5-3-4-6-20(17)15-27-11-13-28(14-12-27)22(30)16-29-24-23(18(2)26-29)21(9-10-25-24)19-7-8-19/h3-6,9-10,19H,7-8,11-16H2,1-2H3. The molecule has 0 unspecified atom stereocenters. The first-order valence-corrected chi connectivity index (χ1v) is 11.0. The number of pyridine rings is 1. The molecule has 0 radical (unpaired) electrons. The molecule has 1 aliphatic heterocycles. The third-order valence-corrected chi connectivity index (χ3v) is 6.52. The van der Waals surface area contributed by atoms with Crippen LogP contribution in [0.5, 0.6) is 0 Å². The van der Waals surface area contributed by atoms with Gasteiger partial charge in [-0.25, -0.2) is 9.67 Å². The molecule has 2 fully saturated rings. The van der Waals surface area contributed by atoms with Gasteiger partial charge >= 0.3 is 0 Å². The van der Waals surface area contributed by atoms with Gasteiger partial charge in [0.05, 0.1) is 5.69 Å². The minimum Gasteiger partial charge on any atom is -0.339 e. The first-order chi connectivity index (χ1) is 14.6. The van der Waals surface area contributed by atoms with E-state index in [1.54, 1.807) is 4.68 Å². The lowest BCUT2D eigenvalue weighted by atomic mass is 10.1. The van der Waals surface area contributed by atoms with Crippen LogP contribution in [0.1, 0.15) is 41.1 Å². The van der Waals surface area contributed by atoms with Crippen LogP contribution < -0.4 is 0 Å². The first kappa shape index (κ1) is 19.2. The van der Waals surface area contributed by atoms with Gasteiger partial charge in [-0.3, -0.25) is 9.69 Å². The summed E-state index contributed by atoms with van der Waals surface area (Å²) in [4.78, 5) is 22.0. The summed E-state index contributed by atoms with van der Waals surface area (Å²) in [5, 5.41) is 5.82. The van der Waals surface area contributed by atoms with E-state index in [4.69, 9.17) is 0 Å². The van der Waals surface area contributed by atoms with Gasteiger partial charge in [0.1, 0.15) is 6.54 Å². The first-order valence-electron chi connectivity index (χ1n) is 11.0. The average molecular weight is 404 g/mol. The number of piperazine rings is 1. The van der Waals surface area contributed by atoms with Crippen LogP contribution in [-0.4, -0.2) is 56.7 Å². The second-order valence-corrected chi connectivity index (χ2v) is 8.70. The van der Waals surface area contributed by atoms with Gasteiger partial charge in [0.2, 0.25) is 5.91 Å². The zero-order chi connectivity index (χ0) is 20.7. The van der Waals surface area contributed by atoms with Crippen molar-refractivity contribution in [2.75, 3.05) is 26.2 Å². The van der Waals surface area contributed by atoms with Gasteiger partial charge in [-0.15, -0.1) is 0 Å². The molecule has 3 heterocycles. The van der Waals surface area contributed by atoms with Gasteiger partial charge in [0, 0.05) is 44.3 Å². The van der Waals surface area contributed by atoms with E-state index in [1.165, 1.54) is 29.5 Å². The predicted molar refractivity (Wildman–Crippen MR) is 117 cm³/mol. The van der Waals surface area contributed by atoms with E-state index in [9.17, 15) is 4.79 Å². The fourth-order valence-corrected chi connectivity index (χ4v) is 4.57. The minimum absolute atomic E-state index is 0.133. The topological polar surface area (TPSA) is 54.3 Å². The summed E-state index contributed by atoms with van der Waals surface area (Å²) in [5.41, 5.74) is 5.88. The van der Waals surface area contributed by atoms with Crippen LogP contribution in [0.2, 0.25) is 0 Å². The van der Waals surface area contributed by atoms with Gasteiger partial charge in [-0.2, -0.15) is 5.10 Å². The number of amides is 1. The largest absolute Gasteiger partial charge is 0.339 e. The van der Waals surface area contributed by atoms with Crippen LogP contribution >= 0.6 is 0 Å². The molecule has 1 aromatic carbocycles. The zero-order valence-corrected chi connectivity index (χ0v) is 17.8. The molecule has 0 N–H and O–H groups in total. The Kier molecular flexibility index (Phi) is 5.03. The summed E-state index contributed by atoms with van der Waals surface area (Å²) >= 11 is 0. The Hall–Kier alpha value is -2.73. The van der Waals surface area contributed by atoms with E-state index < -0.39 is 0 Å². The monoisotopic (exact) mass is 403 g/mol. The number of carbonyl (C=O) groups is 1. The van der Waals surface area contributed by atoms with E-state index in [-0.39, 0.29) is 12.5 Å². The second kappa shape index (κ2) is 7.84. The van der Waals surface area contributed by atoms with Crippen LogP contribution in [0.25, 0.3) is 11.0 Å². The van der Waals surface area contributed by atoms with Crippen molar-refractivity contribution in [3.05, 3.63) is 58.9 Å². The van der Waals surface area contributed by atoms with E-state index >= 15 is 0 Å². The highest BCUT2D eigenvalue weighted by molar-refractivity contribution is 5.85. The quantitative estimate of drug-likeness (QED) is 0.656. The van der Waals surface area contributed by atoms with Crippen LogP contribution in [0.3, 0.4) is 0 Å². The van der Waals surface area contributed by atoms with E-state index in [0.29, 0.717) is 5.92 Å². The van der Waals surface area contributed by atoms with Crippen molar-refractivity contribution >= 4 is 16.9 Å². The molecule has 6 nitrogen and oxygen atoms in total. The molecule has 1 saturated heterocycles. The maximum absolute atomic E-state index is 13.0. The Morgan fingerprint density at radius 2 is 1.83 bits per heavy atom. The summed E-state index contributed by atoms with van der Waals surface area (Å²) in [6.07, 6.45) is 4.35. The van der Waals surface area contributed by atoms with Crippen molar-refractivity contribution in [3.63, 3.8) is 0 Å². The summed E-state index contributed by atoms with van der Waals surface area (Å²) in [5.74, 6) is 0.775. The molecule has 3 aromatic rings. The predicted octanol–water partition coefficient (Wildman–Crippen LogP) is 3.27. The molecule has 5 rings (SSSR count). The number of nitrogens with zero attached hydrogens (tertiary/aromatic N) is 5. The molecular weight excluding hydrogens is 374 g/mol. The Balaban J connectivity index is 1.24. The van der Waals surface area contributed by atoms with Crippen LogP contribution in [-0.2, 0) is 17.9 Å². The normalized spacial score (nSPS) is 17.6. The van der Waals surface area contributed by atoms with Crippen molar-refractivity contribution in [1.82, 2.24) is 24.6 Å². The Morgan fingerprint density at radius 1 is 1.07 bits per heavy atom. The number of fused-ring (bicyclic) bond motifs is 1. The molecule has 1 amide bonds. The highest BCUT2D eigenvalue weighted by Gasteiger charge is 2.28. The van der Waals surface area contributed by atoms with Crippen molar-refractivity contribution in [2.45, 2.75) is 45.7 Å². The summed E-state index contributed by atoms with van der Waals surface area (Å²) in [6, 6.07) is 10.7. The van der Waals surface area contributed by atoms with Crippen molar-refractivity contribution in [1.29, 1.82) is 0 Å². The molecule has 0 spiro atoms. The maximum atomic E-state index is 13.0. The summed E-state index contributed by atoms with van der Waals surface area (Å²) in [6.45, 7) is 8.75. The molecule has 1 saturated carbocycles. The Morgan fingerprint density at radius 3 is 2.57 bits per heavy atom. The molecular formula is C24H29N5O. The lowest BCUT2D eigenvalue weighted by Gasteiger charge is -2.35. The third-order valence-electron chi connectivity index (χ3n) is 6.52. The number of rotatable bonds is 5. The summed E-state index contributed by atoms with van der Waals surface area (Å²) in [7, 11) is 0. The number of aryl methyl sites for hydroxylation is 2. The molecule has 2 aromatic heterocycles. The smallest absolute Gasteiger partial charge is 0.244 e. The van der Waals surface area contributed by atoms with Crippen LogP contribution in [0.4, 0.5) is 0 Å². The molecule has 0 atom stereocenters. The second-order valence-electron chi connectivity index (χ2n) is 8.70. The zero-order valence-electron chi connectivity index (χ0n) is 17.8. The Labute approximate surface area is 177 Å². The van der Waals surface area contributed by atoms with Gasteiger partial charge in [0.25, 0.3) is 0 Å². The van der Waals surface area contributed by atoms with Crippen molar-refractivity contribution in [2.24, 2.45) is 0 Å². The number of hydrogen-bond acceptors (Lipinski definition) is 4. The molecule has 6 heteroatoms. The van der Waals surface area contributed by atoms with Gasteiger partial charge < -0.3 is 4.90 Å². The van der Waals surface area contributed by atoms with Crippen molar-refractivity contribution in [3.8, 4) is 0 Å². The maximum Gasteiger partial charge on any atom is 0.244 e. The van der Waals surface area contributed by atoms with E-state index in [0.717, 1.165) is 49.5 Å². The summed E-state index contributed by atoms with van der Waals surface area (Å²) < 4.78 is 1.80. The number of carbonyl (C=O) groups excluding carboxylic acids is 1. The molecule has 1 aliphatic carbocycles. The third kappa shape index (κ3) is 3.72. The van der Waals surface area contributed by atoms with Crippen LogP contribution in [0.15, 0.2) is 36.5 Å². The highest BCUT2D eigenvalue weighted by Crippen LogP contribution is 2.43. The lowest BCUT2D eigenvalue weighted by Crippen LogP contribution is -2.49. The van der Waals surface area contributed by atoms with Gasteiger partial charge in [0.15, 0.2) is 5.65 Å². The molecule has 2 aliphatic rings.